The molecule has 1 N–H and O–H groups in total. The van der Waals surface area contributed by atoms with Crippen LogP contribution in [0.15, 0.2) is 64.5 Å². The lowest BCUT2D eigenvalue weighted by molar-refractivity contribution is 0.303. The summed E-state index contributed by atoms with van der Waals surface area (Å²) in [5.41, 5.74) is 4.97. The first-order chi connectivity index (χ1) is 11.8. The van der Waals surface area contributed by atoms with Crippen molar-refractivity contribution in [2.45, 2.75) is 38.6 Å². The van der Waals surface area contributed by atoms with Crippen LogP contribution in [0.4, 0.5) is 0 Å². The number of rotatable bonds is 1. The van der Waals surface area contributed by atoms with E-state index in [0.29, 0.717) is 5.39 Å². The second-order valence-corrected chi connectivity index (χ2v) is 7.79. The molecule has 25 heavy (non-hydrogen) atoms. The Labute approximate surface area is 147 Å². The van der Waals surface area contributed by atoms with Gasteiger partial charge in [0.25, 0.3) is 0 Å². The second-order valence-electron chi connectivity index (χ2n) is 7.79. The molecule has 0 aliphatic carbocycles. The lowest BCUT2D eigenvalue weighted by Crippen LogP contribution is -2.46. The third-order valence-corrected chi connectivity index (χ3v) is 5.81. The van der Waals surface area contributed by atoms with Crippen molar-refractivity contribution in [2.24, 2.45) is 4.99 Å². The highest BCUT2D eigenvalue weighted by Gasteiger charge is 2.43. The molecule has 3 nitrogen and oxygen atoms in total. The third-order valence-electron chi connectivity index (χ3n) is 5.81. The van der Waals surface area contributed by atoms with Gasteiger partial charge in [0.1, 0.15) is 0 Å². The molecule has 0 bridgehead atoms. The van der Waals surface area contributed by atoms with Crippen molar-refractivity contribution in [2.75, 3.05) is 0 Å². The van der Waals surface area contributed by atoms with E-state index >= 15 is 0 Å². The molecule has 0 spiro atoms. The number of benzene rings is 2. The number of H-pyrrole nitrogens is 1. The Morgan fingerprint density at radius 2 is 1.72 bits per heavy atom. The average molecular weight is 330 g/mol. The van der Waals surface area contributed by atoms with Crippen molar-refractivity contribution in [1.29, 1.82) is 0 Å². The quantitative estimate of drug-likeness (QED) is 0.704. The highest BCUT2D eigenvalue weighted by atomic mass is 16.1. The minimum atomic E-state index is -0.241. The van der Waals surface area contributed by atoms with Gasteiger partial charge in [0.15, 0.2) is 5.43 Å². The minimum Gasteiger partial charge on any atom is -0.361 e. The van der Waals surface area contributed by atoms with E-state index in [9.17, 15) is 4.79 Å². The van der Waals surface area contributed by atoms with Crippen LogP contribution >= 0.6 is 0 Å². The molecule has 0 fully saturated rings. The van der Waals surface area contributed by atoms with Gasteiger partial charge in [-0.2, -0.15) is 0 Å². The van der Waals surface area contributed by atoms with Crippen LogP contribution in [0.25, 0.3) is 10.9 Å². The first-order valence-electron chi connectivity index (χ1n) is 8.63. The topological polar surface area (TPSA) is 45.2 Å². The molecular formula is C22H22N2O. The van der Waals surface area contributed by atoms with Crippen molar-refractivity contribution < 1.29 is 0 Å². The van der Waals surface area contributed by atoms with Crippen LogP contribution in [0.1, 0.15) is 44.4 Å². The van der Waals surface area contributed by atoms with Crippen LogP contribution in [0.2, 0.25) is 0 Å². The van der Waals surface area contributed by atoms with Crippen LogP contribution in [-0.2, 0) is 5.41 Å². The fourth-order valence-corrected chi connectivity index (χ4v) is 3.58. The fraction of sp³-hybridized carbons (Fsp3) is 0.273. The molecular weight excluding hydrogens is 308 g/mol. The number of aromatic nitrogens is 1. The monoisotopic (exact) mass is 330 g/mol. The number of hydrogen-bond acceptors (Lipinski definition) is 2. The normalized spacial score (nSPS) is 17.8. The Kier molecular flexibility index (Phi) is 3.26. The largest absolute Gasteiger partial charge is 0.361 e. The Hall–Kier alpha value is -2.68. The molecule has 0 saturated carbocycles. The molecule has 1 aromatic heterocycles. The summed E-state index contributed by atoms with van der Waals surface area (Å²) in [5, 5.41) is 0.697. The van der Waals surface area contributed by atoms with Gasteiger partial charge in [0.05, 0.1) is 11.3 Å². The van der Waals surface area contributed by atoms with E-state index in [1.165, 1.54) is 5.56 Å². The van der Waals surface area contributed by atoms with Crippen molar-refractivity contribution in [3.05, 3.63) is 81.6 Å². The van der Waals surface area contributed by atoms with E-state index in [2.05, 4.69) is 56.9 Å². The van der Waals surface area contributed by atoms with Crippen LogP contribution < -0.4 is 5.43 Å². The molecule has 0 radical (unpaired) electrons. The summed E-state index contributed by atoms with van der Waals surface area (Å²) < 4.78 is 0. The lowest BCUT2D eigenvalue weighted by Gasteiger charge is -2.44. The van der Waals surface area contributed by atoms with E-state index in [4.69, 9.17) is 4.99 Å². The maximum atomic E-state index is 12.2. The summed E-state index contributed by atoms with van der Waals surface area (Å²) in [6.07, 6.45) is 1.68. The van der Waals surface area contributed by atoms with Gasteiger partial charge in [-0.3, -0.25) is 9.79 Å². The van der Waals surface area contributed by atoms with Crippen LogP contribution in [0.5, 0.6) is 0 Å². The molecule has 2 aromatic carbocycles. The molecule has 3 heteroatoms. The molecule has 4 rings (SSSR count). The van der Waals surface area contributed by atoms with Gasteiger partial charge >= 0.3 is 0 Å². The van der Waals surface area contributed by atoms with Crippen molar-refractivity contribution in [3.63, 3.8) is 0 Å². The molecule has 1 aliphatic rings. The Morgan fingerprint density at radius 1 is 0.960 bits per heavy atom. The van der Waals surface area contributed by atoms with E-state index in [1.54, 1.807) is 12.3 Å². The molecule has 3 aromatic rings. The minimum absolute atomic E-state index is 0.0277. The van der Waals surface area contributed by atoms with Gasteiger partial charge in [0.2, 0.25) is 0 Å². The van der Waals surface area contributed by atoms with E-state index in [0.717, 1.165) is 22.4 Å². The molecule has 1 aliphatic heterocycles. The zero-order chi connectivity index (χ0) is 17.8. The molecule has 2 heterocycles. The second kappa shape index (κ2) is 5.16. The SMILES string of the molecule is CC1(C)N=C(c2ccc3[nH]ccc(=O)c3c2)c2ccccc2C1(C)C. The maximum Gasteiger partial charge on any atom is 0.189 e. The van der Waals surface area contributed by atoms with E-state index < -0.39 is 0 Å². The first-order valence-corrected chi connectivity index (χ1v) is 8.63. The molecule has 0 unspecified atom stereocenters. The molecule has 0 saturated heterocycles. The van der Waals surface area contributed by atoms with E-state index in [1.807, 2.05) is 18.2 Å². The zero-order valence-electron chi connectivity index (χ0n) is 15.1. The Bertz CT molecular complexity index is 1070. The van der Waals surface area contributed by atoms with Crippen LogP contribution in [0, 0.1) is 0 Å². The van der Waals surface area contributed by atoms with Crippen LogP contribution in [0.3, 0.4) is 0 Å². The maximum absolute atomic E-state index is 12.2. The van der Waals surface area contributed by atoms with Gasteiger partial charge in [-0.25, -0.2) is 0 Å². The lowest BCUT2D eigenvalue weighted by atomic mass is 9.66. The van der Waals surface area contributed by atoms with Gasteiger partial charge in [0, 0.05) is 39.7 Å². The van der Waals surface area contributed by atoms with Crippen molar-refractivity contribution >= 4 is 16.6 Å². The first kappa shape index (κ1) is 15.8. The van der Waals surface area contributed by atoms with Gasteiger partial charge in [-0.15, -0.1) is 0 Å². The summed E-state index contributed by atoms with van der Waals surface area (Å²) in [6, 6.07) is 16.0. The number of nitrogens with zero attached hydrogens (tertiary/aromatic N) is 1. The van der Waals surface area contributed by atoms with Gasteiger partial charge in [-0.1, -0.05) is 44.2 Å². The third kappa shape index (κ3) is 2.26. The van der Waals surface area contributed by atoms with Crippen molar-refractivity contribution in [3.8, 4) is 0 Å². The summed E-state index contributed by atoms with van der Waals surface area (Å²) in [5.74, 6) is 0. The standard InChI is InChI=1S/C22H22N2O/c1-21(2)17-8-6-5-7-15(17)20(24-22(21,3)4)14-9-10-18-16(13-14)19(25)11-12-23-18/h5-13H,1-4H3,(H,23,25). The van der Waals surface area contributed by atoms with Crippen molar-refractivity contribution in [1.82, 2.24) is 4.98 Å². The average Bonchev–Trinajstić information content (AvgIpc) is 2.59. The highest BCUT2D eigenvalue weighted by Crippen LogP contribution is 2.43. The zero-order valence-corrected chi connectivity index (χ0v) is 15.1. The molecule has 0 amide bonds. The highest BCUT2D eigenvalue weighted by molar-refractivity contribution is 6.16. The number of fused-ring (bicyclic) bond motifs is 2. The summed E-state index contributed by atoms with van der Waals surface area (Å²) >= 11 is 0. The van der Waals surface area contributed by atoms with Gasteiger partial charge in [-0.05, 0) is 31.5 Å². The number of hydrogen-bond donors (Lipinski definition) is 1. The molecule has 0 atom stereocenters. The number of nitrogens with one attached hydrogen (secondary N) is 1. The summed E-state index contributed by atoms with van der Waals surface area (Å²) in [6.45, 7) is 8.85. The Morgan fingerprint density at radius 3 is 2.52 bits per heavy atom. The summed E-state index contributed by atoms with van der Waals surface area (Å²) in [7, 11) is 0. The van der Waals surface area contributed by atoms with E-state index in [-0.39, 0.29) is 16.4 Å². The fourth-order valence-electron chi connectivity index (χ4n) is 3.58. The number of pyridine rings is 1. The predicted molar refractivity (Wildman–Crippen MR) is 104 cm³/mol. The smallest absolute Gasteiger partial charge is 0.189 e. The summed E-state index contributed by atoms with van der Waals surface area (Å²) in [4.78, 5) is 20.5. The van der Waals surface area contributed by atoms with Gasteiger partial charge < -0.3 is 4.98 Å². The number of aliphatic imine (C=N–C) groups is 1. The number of aromatic amines is 1. The van der Waals surface area contributed by atoms with Crippen LogP contribution in [-0.4, -0.2) is 16.2 Å². The predicted octanol–water partition coefficient (Wildman–Crippen LogP) is 4.44. The Balaban J connectivity index is 2.01. The molecule has 126 valence electrons.